The summed E-state index contributed by atoms with van der Waals surface area (Å²) in [5.74, 6) is -2.12. The number of Topliss-reactive ketones (excluding diaryl/α,β-unsaturated/α-hetero) is 1. The molecule has 8 atom stereocenters. The molecule has 10 heteroatoms. The molecule has 0 aromatic rings. The predicted octanol–water partition coefficient (Wildman–Crippen LogP) is 1.58. The molecule has 4 rings (SSSR count). The van der Waals surface area contributed by atoms with Crippen LogP contribution in [0, 0.1) is 28.6 Å². The van der Waals surface area contributed by atoms with Gasteiger partial charge < -0.3 is 15.3 Å². The van der Waals surface area contributed by atoms with E-state index in [-0.39, 0.29) is 18.1 Å². The molecule has 0 heterocycles. The number of fused-ring (bicyclic) bond motifs is 5. The van der Waals surface area contributed by atoms with Crippen molar-refractivity contribution in [1.29, 1.82) is 0 Å². The molecule has 4 aliphatic carbocycles. The van der Waals surface area contributed by atoms with Crippen LogP contribution in [-0.2, 0) is 21.0 Å². The average Bonchev–Trinajstić information content (AvgIpc) is 2.90. The maximum Gasteiger partial charge on any atom is 0.299 e. The van der Waals surface area contributed by atoms with Gasteiger partial charge in [0.05, 0.1) is 6.10 Å². The van der Waals surface area contributed by atoms with Crippen molar-refractivity contribution in [3.8, 4) is 0 Å². The monoisotopic (exact) mass is 474 g/mol. The second kappa shape index (κ2) is 8.18. The highest BCUT2D eigenvalue weighted by Gasteiger charge is 2.75. The van der Waals surface area contributed by atoms with E-state index in [4.69, 9.17) is 13.3 Å². The van der Waals surface area contributed by atoms with Gasteiger partial charge in [-0.1, -0.05) is 25.5 Å². The summed E-state index contributed by atoms with van der Waals surface area (Å²) in [5.41, 5.74) is -5.17. The molecule has 3 fully saturated rings. The van der Waals surface area contributed by atoms with E-state index in [2.05, 4.69) is 0 Å². The standard InChI is InChI=1S/C22H29FO5.H2O3S/c1-12-8-16-15-5-4-13-9-14(25)6-7-19(13,2)21(15,23)17(26)10-20(16,3)22(12,28)18(27)11-24;1-4(2)3/h6-7,9,12,15-17,24,26,28H,4-5,8,10-11H2,1-3H3;(H2,1,2,3)/t12-,15+,16+,17+,19+,20+,21+,22+;/m1./s1. The summed E-state index contributed by atoms with van der Waals surface area (Å²) >= 11 is -2.61. The van der Waals surface area contributed by atoms with Crippen LogP contribution in [0.1, 0.15) is 46.5 Å². The summed E-state index contributed by atoms with van der Waals surface area (Å²) in [7, 11) is 0. The molecule has 0 saturated heterocycles. The molecule has 32 heavy (non-hydrogen) atoms. The summed E-state index contributed by atoms with van der Waals surface area (Å²) in [6.45, 7) is 4.48. The minimum Gasteiger partial charge on any atom is -0.390 e. The Hall–Kier alpha value is -1.30. The molecule has 0 bridgehead atoms. The highest BCUT2D eigenvalue weighted by atomic mass is 32.2. The normalized spacial score (nSPS) is 47.1. The molecular weight excluding hydrogens is 443 g/mol. The van der Waals surface area contributed by atoms with Crippen LogP contribution in [0.5, 0.6) is 0 Å². The Kier molecular flexibility index (Phi) is 6.47. The second-order valence-electron chi connectivity index (χ2n) is 9.98. The van der Waals surface area contributed by atoms with E-state index in [1.165, 1.54) is 12.2 Å². The third kappa shape index (κ3) is 3.22. The predicted molar refractivity (Wildman–Crippen MR) is 113 cm³/mol. The Labute approximate surface area is 188 Å². The number of ketones is 2. The lowest BCUT2D eigenvalue weighted by atomic mass is 9.44. The Morgan fingerprint density at radius 1 is 1.28 bits per heavy atom. The topological polar surface area (TPSA) is 152 Å². The van der Waals surface area contributed by atoms with Crippen molar-refractivity contribution in [3.63, 3.8) is 0 Å². The van der Waals surface area contributed by atoms with Crippen molar-refractivity contribution in [2.24, 2.45) is 28.6 Å². The van der Waals surface area contributed by atoms with E-state index in [1.807, 2.05) is 0 Å². The molecule has 8 nitrogen and oxygen atoms in total. The largest absolute Gasteiger partial charge is 0.390 e. The van der Waals surface area contributed by atoms with Gasteiger partial charge in [-0.3, -0.25) is 18.7 Å². The number of aliphatic hydroxyl groups excluding tert-OH is 2. The molecule has 0 spiro atoms. The fourth-order valence-electron chi connectivity index (χ4n) is 7.26. The van der Waals surface area contributed by atoms with Crippen LogP contribution in [-0.4, -0.2) is 64.2 Å². The average molecular weight is 475 g/mol. The van der Waals surface area contributed by atoms with Crippen LogP contribution in [0.4, 0.5) is 4.39 Å². The molecule has 180 valence electrons. The number of hydrogen-bond acceptors (Lipinski definition) is 6. The van der Waals surface area contributed by atoms with Gasteiger partial charge in [0.15, 0.2) is 17.2 Å². The van der Waals surface area contributed by atoms with Gasteiger partial charge in [0, 0.05) is 16.7 Å². The fourth-order valence-corrected chi connectivity index (χ4v) is 7.26. The first-order valence-electron chi connectivity index (χ1n) is 10.7. The molecule has 0 aliphatic heterocycles. The van der Waals surface area contributed by atoms with Crippen molar-refractivity contribution in [3.05, 3.63) is 23.8 Å². The van der Waals surface area contributed by atoms with Crippen molar-refractivity contribution >= 4 is 22.9 Å². The quantitative estimate of drug-likeness (QED) is 0.378. The number of carbonyl (C=O) groups is 2. The summed E-state index contributed by atoms with van der Waals surface area (Å²) < 4.78 is 39.7. The molecule has 0 amide bonds. The van der Waals surface area contributed by atoms with Gasteiger partial charge in [0.1, 0.15) is 12.2 Å². The first-order chi connectivity index (χ1) is 14.7. The van der Waals surface area contributed by atoms with Crippen LogP contribution < -0.4 is 0 Å². The SMILES string of the molecule is C[C@@H]1C[C@H]2[C@@H]3CCC4=CC(=O)C=C[C@]4(C)[C@@]3(F)[C@@H](O)C[C@]2(C)[C@@]1(O)C(=O)CO.O=S(O)O. The van der Waals surface area contributed by atoms with Gasteiger partial charge in [-0.05, 0) is 56.6 Å². The van der Waals surface area contributed by atoms with E-state index >= 15 is 4.39 Å². The van der Waals surface area contributed by atoms with Crippen LogP contribution in [0.25, 0.3) is 0 Å². The van der Waals surface area contributed by atoms with Crippen molar-refractivity contribution in [2.75, 3.05) is 6.61 Å². The van der Waals surface area contributed by atoms with Gasteiger partial charge >= 0.3 is 0 Å². The van der Waals surface area contributed by atoms with Crippen LogP contribution in [0.2, 0.25) is 0 Å². The highest BCUT2D eigenvalue weighted by Crippen LogP contribution is 2.70. The minimum atomic E-state index is -2.61. The van der Waals surface area contributed by atoms with Crippen LogP contribution in [0.15, 0.2) is 23.8 Å². The van der Waals surface area contributed by atoms with Crippen molar-refractivity contribution in [2.45, 2.75) is 63.8 Å². The Balaban J connectivity index is 0.000000668. The van der Waals surface area contributed by atoms with Crippen molar-refractivity contribution < 1.29 is 42.6 Å². The summed E-state index contributed by atoms with van der Waals surface area (Å²) in [5, 5.41) is 32.0. The van der Waals surface area contributed by atoms with E-state index in [1.54, 1.807) is 26.8 Å². The van der Waals surface area contributed by atoms with Gasteiger partial charge in [-0.25, -0.2) is 4.39 Å². The maximum atomic E-state index is 16.9. The summed E-state index contributed by atoms with van der Waals surface area (Å²) in [6.07, 6.45) is 4.44. The van der Waals surface area contributed by atoms with Crippen LogP contribution in [0.3, 0.4) is 0 Å². The molecule has 4 aliphatic rings. The number of halogens is 1. The zero-order valence-electron chi connectivity index (χ0n) is 18.3. The molecule has 0 aromatic heterocycles. The minimum absolute atomic E-state index is 0.0676. The summed E-state index contributed by atoms with van der Waals surface area (Å²) in [6, 6.07) is 0. The molecule has 0 aromatic carbocycles. The highest BCUT2D eigenvalue weighted by molar-refractivity contribution is 7.73. The second-order valence-corrected chi connectivity index (χ2v) is 10.4. The van der Waals surface area contributed by atoms with E-state index in [0.717, 1.165) is 0 Å². The molecule has 0 unspecified atom stereocenters. The van der Waals surface area contributed by atoms with E-state index in [0.29, 0.717) is 24.8 Å². The van der Waals surface area contributed by atoms with E-state index < -0.39 is 63.8 Å². The Bertz CT molecular complexity index is 900. The van der Waals surface area contributed by atoms with Gasteiger partial charge in [0.2, 0.25) is 0 Å². The zero-order valence-corrected chi connectivity index (χ0v) is 19.1. The molecule has 0 radical (unpaired) electrons. The number of aliphatic hydroxyl groups is 3. The first-order valence-corrected chi connectivity index (χ1v) is 11.7. The number of alkyl halides is 1. The van der Waals surface area contributed by atoms with Gasteiger partial charge in [-0.15, -0.1) is 0 Å². The number of hydrogen-bond donors (Lipinski definition) is 5. The fraction of sp³-hybridized carbons (Fsp3) is 0.727. The van der Waals surface area contributed by atoms with Crippen LogP contribution >= 0.6 is 0 Å². The van der Waals surface area contributed by atoms with Crippen molar-refractivity contribution in [1.82, 2.24) is 0 Å². The maximum absolute atomic E-state index is 16.9. The Morgan fingerprint density at radius 3 is 2.44 bits per heavy atom. The first kappa shape index (κ1) is 25.3. The smallest absolute Gasteiger partial charge is 0.299 e. The lowest BCUT2D eigenvalue weighted by Crippen LogP contribution is -2.69. The number of rotatable bonds is 2. The van der Waals surface area contributed by atoms with E-state index in [9.17, 15) is 24.9 Å². The number of carbonyl (C=O) groups excluding carboxylic acids is 2. The van der Waals surface area contributed by atoms with Gasteiger partial charge in [0.25, 0.3) is 11.4 Å². The third-order valence-electron chi connectivity index (χ3n) is 8.79. The lowest BCUT2D eigenvalue weighted by molar-refractivity contribution is -0.219. The zero-order chi connectivity index (χ0) is 24.3. The Morgan fingerprint density at radius 2 is 1.88 bits per heavy atom. The van der Waals surface area contributed by atoms with Gasteiger partial charge in [-0.2, -0.15) is 4.21 Å². The molecular formula is C22H31FO8S. The molecule has 3 saturated carbocycles. The lowest BCUT2D eigenvalue weighted by Gasteiger charge is -2.62. The summed E-state index contributed by atoms with van der Waals surface area (Å²) in [4.78, 5) is 24.4. The third-order valence-corrected chi connectivity index (χ3v) is 8.79. The molecule has 5 N–H and O–H groups in total. The number of allylic oxidation sites excluding steroid dienone is 4.